The number of aryl methyl sites for hydroxylation is 1. The van der Waals surface area contributed by atoms with E-state index in [2.05, 4.69) is 17.1 Å². The molecule has 0 fully saturated rings. The second-order valence-electron chi connectivity index (χ2n) is 4.23. The summed E-state index contributed by atoms with van der Waals surface area (Å²) >= 11 is 0. The maximum absolute atomic E-state index is 11.6. The highest BCUT2D eigenvalue weighted by Gasteiger charge is 2.09. The number of unbranched alkanes of at least 4 members (excludes halogenated alkanes) is 1. The Morgan fingerprint density at radius 3 is 2.94 bits per heavy atom. The molecule has 0 atom stereocenters. The van der Waals surface area contributed by atoms with E-state index in [9.17, 15) is 4.79 Å². The Balaban J connectivity index is 2.42. The van der Waals surface area contributed by atoms with Crippen LogP contribution >= 0.6 is 0 Å². The van der Waals surface area contributed by atoms with E-state index in [1.807, 2.05) is 31.2 Å². The Labute approximate surface area is 100 Å². The molecule has 0 aliphatic rings. The highest BCUT2D eigenvalue weighted by atomic mass is 16.1. The van der Waals surface area contributed by atoms with Crippen LogP contribution in [0, 0.1) is 6.92 Å². The van der Waals surface area contributed by atoms with Crippen molar-refractivity contribution < 1.29 is 0 Å². The quantitative estimate of drug-likeness (QED) is 0.878. The Morgan fingerprint density at radius 1 is 1.41 bits per heavy atom. The lowest BCUT2D eigenvalue weighted by Gasteiger charge is -2.05. The van der Waals surface area contributed by atoms with Crippen molar-refractivity contribution in [1.29, 1.82) is 0 Å². The number of rotatable bonds is 4. The molecule has 0 aliphatic carbocycles. The van der Waals surface area contributed by atoms with Crippen molar-refractivity contribution in [3.63, 3.8) is 0 Å². The molecule has 4 heteroatoms. The molecule has 1 aromatic heterocycles. The van der Waals surface area contributed by atoms with Gasteiger partial charge in [-0.3, -0.25) is 4.57 Å². The van der Waals surface area contributed by atoms with Gasteiger partial charge in [-0.1, -0.05) is 37.1 Å². The Hall–Kier alpha value is -1.84. The molecule has 0 amide bonds. The van der Waals surface area contributed by atoms with Crippen LogP contribution in [-0.4, -0.2) is 14.8 Å². The van der Waals surface area contributed by atoms with Crippen molar-refractivity contribution >= 4 is 0 Å². The molecule has 90 valence electrons. The average Bonchev–Trinajstić information content (AvgIpc) is 2.68. The zero-order chi connectivity index (χ0) is 12.3. The van der Waals surface area contributed by atoms with Crippen molar-refractivity contribution in [1.82, 2.24) is 14.8 Å². The smallest absolute Gasteiger partial charge is 0.275 e. The number of H-pyrrole nitrogens is 1. The van der Waals surface area contributed by atoms with Gasteiger partial charge in [-0.05, 0) is 19.4 Å². The number of hydrogen-bond donors (Lipinski definition) is 1. The highest BCUT2D eigenvalue weighted by molar-refractivity contribution is 5.55. The van der Waals surface area contributed by atoms with Crippen LogP contribution < -0.4 is 5.69 Å². The standard InChI is InChI=1S/C13H17N3O/c1-3-4-8-16-12(14-15-13(16)17)11-7-5-6-10(2)9-11/h5-7,9H,3-4,8H2,1-2H3,(H,15,17). The average molecular weight is 231 g/mol. The van der Waals surface area contributed by atoms with Crippen molar-refractivity contribution in [3.8, 4) is 11.4 Å². The summed E-state index contributed by atoms with van der Waals surface area (Å²) in [4.78, 5) is 11.6. The van der Waals surface area contributed by atoms with Crippen molar-refractivity contribution in [2.24, 2.45) is 0 Å². The third-order valence-electron chi connectivity index (χ3n) is 2.77. The van der Waals surface area contributed by atoms with Crippen LogP contribution in [0.1, 0.15) is 25.3 Å². The maximum atomic E-state index is 11.6. The molecule has 2 aromatic rings. The Morgan fingerprint density at radius 2 is 2.24 bits per heavy atom. The third-order valence-corrected chi connectivity index (χ3v) is 2.77. The molecule has 17 heavy (non-hydrogen) atoms. The van der Waals surface area contributed by atoms with Crippen LogP contribution in [0.2, 0.25) is 0 Å². The van der Waals surface area contributed by atoms with Crippen LogP contribution in [0.25, 0.3) is 11.4 Å². The molecule has 0 spiro atoms. The van der Waals surface area contributed by atoms with Crippen LogP contribution in [0.5, 0.6) is 0 Å². The fourth-order valence-electron chi connectivity index (χ4n) is 1.85. The minimum Gasteiger partial charge on any atom is -0.275 e. The normalized spacial score (nSPS) is 10.7. The second kappa shape index (κ2) is 4.99. The molecule has 0 saturated carbocycles. The molecule has 2 rings (SSSR count). The van der Waals surface area contributed by atoms with Gasteiger partial charge in [0, 0.05) is 12.1 Å². The fraction of sp³-hybridized carbons (Fsp3) is 0.385. The minimum absolute atomic E-state index is 0.130. The summed E-state index contributed by atoms with van der Waals surface area (Å²) in [5.74, 6) is 0.729. The predicted octanol–water partition coefficient (Wildman–Crippen LogP) is 2.35. The summed E-state index contributed by atoms with van der Waals surface area (Å²) in [5, 5.41) is 6.63. The molecular formula is C13H17N3O. The molecule has 0 aliphatic heterocycles. The summed E-state index contributed by atoms with van der Waals surface area (Å²) in [5.41, 5.74) is 2.02. The van der Waals surface area contributed by atoms with Crippen LogP contribution in [0.4, 0.5) is 0 Å². The van der Waals surface area contributed by atoms with E-state index < -0.39 is 0 Å². The van der Waals surface area contributed by atoms with Gasteiger partial charge in [0.2, 0.25) is 0 Å². The van der Waals surface area contributed by atoms with Gasteiger partial charge in [-0.15, -0.1) is 0 Å². The number of nitrogens with one attached hydrogen (secondary N) is 1. The number of nitrogens with zero attached hydrogens (tertiary/aromatic N) is 2. The monoisotopic (exact) mass is 231 g/mol. The summed E-state index contributed by atoms with van der Waals surface area (Å²) in [6.07, 6.45) is 2.04. The number of aromatic amines is 1. The molecule has 1 aromatic carbocycles. The highest BCUT2D eigenvalue weighted by Crippen LogP contribution is 2.16. The van der Waals surface area contributed by atoms with Gasteiger partial charge in [-0.25, -0.2) is 9.89 Å². The number of hydrogen-bond acceptors (Lipinski definition) is 2. The van der Waals surface area contributed by atoms with Gasteiger partial charge < -0.3 is 0 Å². The van der Waals surface area contributed by atoms with Crippen molar-refractivity contribution in [2.45, 2.75) is 33.2 Å². The topological polar surface area (TPSA) is 50.7 Å². The third kappa shape index (κ3) is 2.46. The maximum Gasteiger partial charge on any atom is 0.343 e. The lowest BCUT2D eigenvalue weighted by molar-refractivity contribution is 0.619. The van der Waals surface area contributed by atoms with E-state index in [1.165, 1.54) is 5.56 Å². The molecule has 0 unspecified atom stereocenters. The predicted molar refractivity (Wildman–Crippen MR) is 67.9 cm³/mol. The van der Waals surface area contributed by atoms with Gasteiger partial charge in [0.15, 0.2) is 5.82 Å². The molecule has 4 nitrogen and oxygen atoms in total. The van der Waals surface area contributed by atoms with Gasteiger partial charge >= 0.3 is 5.69 Å². The van der Waals surface area contributed by atoms with Gasteiger partial charge in [0.1, 0.15) is 0 Å². The first-order chi connectivity index (χ1) is 8.22. The molecular weight excluding hydrogens is 214 g/mol. The summed E-state index contributed by atoms with van der Waals surface area (Å²) in [6, 6.07) is 8.03. The zero-order valence-electron chi connectivity index (χ0n) is 10.2. The molecule has 1 N–H and O–H groups in total. The number of benzene rings is 1. The second-order valence-corrected chi connectivity index (χ2v) is 4.23. The largest absolute Gasteiger partial charge is 0.343 e. The van der Waals surface area contributed by atoms with E-state index in [0.29, 0.717) is 0 Å². The molecule has 1 heterocycles. The molecule has 0 bridgehead atoms. The summed E-state index contributed by atoms with van der Waals surface area (Å²) < 4.78 is 1.71. The SMILES string of the molecule is CCCCn1c(-c2cccc(C)c2)n[nH]c1=O. The van der Waals surface area contributed by atoms with E-state index in [0.717, 1.165) is 30.8 Å². The number of aromatic nitrogens is 3. The Kier molecular flexibility index (Phi) is 3.42. The first-order valence-electron chi connectivity index (χ1n) is 5.94. The summed E-state index contributed by atoms with van der Waals surface area (Å²) in [7, 11) is 0. The lowest BCUT2D eigenvalue weighted by Crippen LogP contribution is -2.17. The van der Waals surface area contributed by atoms with E-state index in [4.69, 9.17) is 0 Å². The first kappa shape index (κ1) is 11.6. The first-order valence-corrected chi connectivity index (χ1v) is 5.94. The fourth-order valence-corrected chi connectivity index (χ4v) is 1.85. The molecule has 0 radical (unpaired) electrons. The van der Waals surface area contributed by atoms with Gasteiger partial charge in [0.25, 0.3) is 0 Å². The van der Waals surface area contributed by atoms with Crippen LogP contribution in [0.15, 0.2) is 29.1 Å². The molecule has 0 saturated heterocycles. The van der Waals surface area contributed by atoms with E-state index in [1.54, 1.807) is 4.57 Å². The minimum atomic E-state index is -0.130. The van der Waals surface area contributed by atoms with Crippen molar-refractivity contribution in [2.75, 3.05) is 0 Å². The lowest BCUT2D eigenvalue weighted by atomic mass is 10.1. The van der Waals surface area contributed by atoms with Gasteiger partial charge in [0.05, 0.1) is 0 Å². The van der Waals surface area contributed by atoms with Crippen LogP contribution in [-0.2, 0) is 6.54 Å². The van der Waals surface area contributed by atoms with Crippen LogP contribution in [0.3, 0.4) is 0 Å². The van der Waals surface area contributed by atoms with E-state index >= 15 is 0 Å². The zero-order valence-corrected chi connectivity index (χ0v) is 10.2. The van der Waals surface area contributed by atoms with Gasteiger partial charge in [-0.2, -0.15) is 5.10 Å². The summed E-state index contributed by atoms with van der Waals surface area (Å²) in [6.45, 7) is 4.86. The van der Waals surface area contributed by atoms with Crippen molar-refractivity contribution in [3.05, 3.63) is 40.3 Å². The Bertz CT molecular complexity index is 554. The van der Waals surface area contributed by atoms with E-state index in [-0.39, 0.29) is 5.69 Å².